The highest BCUT2D eigenvalue weighted by Crippen LogP contribution is 2.29. The fourth-order valence-corrected chi connectivity index (χ4v) is 9.00. The Balaban J connectivity index is 1.16. The molecule has 8 amide bonds. The van der Waals surface area contributed by atoms with Crippen LogP contribution in [0.15, 0.2) is 42.5 Å². The Kier molecular flexibility index (Phi) is 38.8. The number of nitrogens with two attached hydrogens (primary N) is 1. The molecule has 2 aromatic carbocycles. The topological polar surface area (TPSA) is 473 Å². The van der Waals surface area contributed by atoms with E-state index in [1.165, 1.54) is 6.07 Å². The van der Waals surface area contributed by atoms with Gasteiger partial charge < -0.3 is 121 Å². The Labute approximate surface area is 545 Å². The van der Waals surface area contributed by atoms with Crippen LogP contribution in [-0.2, 0) is 71.5 Å². The molecule has 11 atom stereocenters. The molecule has 2 saturated heterocycles. The van der Waals surface area contributed by atoms with Gasteiger partial charge in [-0.15, -0.1) is 0 Å². The number of carbonyl (C=O) groups excluding carboxylic acids is 8. The molecule has 16 N–H and O–H groups in total. The number of hydrogen-bond acceptors (Lipinski definition) is 26. The maximum absolute atomic E-state index is 13.6. The van der Waals surface area contributed by atoms with Crippen molar-refractivity contribution in [2.45, 2.75) is 133 Å². The maximum Gasteiger partial charge on any atom is 0.258 e. The van der Waals surface area contributed by atoms with Crippen molar-refractivity contribution >= 4 is 47.3 Å². The second-order valence-electron chi connectivity index (χ2n) is 21.8. The van der Waals surface area contributed by atoms with E-state index in [9.17, 15) is 69.0 Å². The highest BCUT2D eigenvalue weighted by molar-refractivity contribution is 5.98. The molecule has 33 heteroatoms. The zero-order valence-corrected chi connectivity index (χ0v) is 53.6. The molecule has 33 nitrogen and oxygen atoms in total. The van der Waals surface area contributed by atoms with E-state index in [0.29, 0.717) is 29.8 Å². The highest BCUT2D eigenvalue weighted by atomic mass is 16.7. The first-order valence-electron chi connectivity index (χ1n) is 31.5. The number of amides is 8. The minimum atomic E-state index is -1.43. The molecule has 0 bridgehead atoms. The van der Waals surface area contributed by atoms with E-state index in [0.717, 1.165) is 12.8 Å². The number of imide groups is 1. The summed E-state index contributed by atoms with van der Waals surface area (Å²) in [6.07, 6.45) is -9.62. The number of aliphatic hydroxyl groups excluding tert-OH is 6. The maximum atomic E-state index is 13.6. The minimum absolute atomic E-state index is 0.00152. The van der Waals surface area contributed by atoms with Gasteiger partial charge in [-0.1, -0.05) is 18.6 Å². The number of aliphatic hydroxyl groups is 6. The summed E-state index contributed by atoms with van der Waals surface area (Å²) in [4.78, 5) is 101. The summed E-state index contributed by atoms with van der Waals surface area (Å²) >= 11 is 0. The standard InChI is InChI=1S/C61H97N9O24/c1-38-52(77)54(79)56(81)60(93-38)89-31-29-87-27-19-65-47(72)14-23-85-25-21-67-50(75)36-91-43-12-10-40(11-13-43)41-33-42(58(83)69-18-17-64-46(71)8-6-9-49(74)70-59(84)45(63-3)7-4-5-16-62)35-44(34-41)92-37-51(76)68-22-26-86-24-15-48(73)66-20-28-88-30-32-90-61-57(82)55(80)53(78)39(2)94-61/h10-13,33-35,38-39,45,52-57,60-61,63,77-82H,4-9,14-32,36-37,62H2,1-3H3,(H,64,71)(H,65,72)(H,66,73)(H,67,75)(H,68,76)(H,69,83)(H,70,74,84)/t38-,39-,45-,52-,53-,54+,55+,56+,57+,60+,61+/m0/s1. The van der Waals surface area contributed by atoms with E-state index in [-0.39, 0.29) is 173 Å². The Hall–Kier alpha value is -6.64. The van der Waals surface area contributed by atoms with E-state index in [1.807, 2.05) is 0 Å². The van der Waals surface area contributed by atoms with E-state index in [2.05, 4.69) is 42.5 Å². The number of likely N-dealkylation sites (N-methyl/N-ethyl adjacent to an activating group) is 1. The van der Waals surface area contributed by atoms with E-state index in [4.69, 9.17) is 53.1 Å². The lowest BCUT2D eigenvalue weighted by molar-refractivity contribution is -0.294. The van der Waals surface area contributed by atoms with Crippen LogP contribution >= 0.6 is 0 Å². The van der Waals surface area contributed by atoms with Gasteiger partial charge >= 0.3 is 0 Å². The first-order chi connectivity index (χ1) is 45.2. The summed E-state index contributed by atoms with van der Waals surface area (Å²) in [5.74, 6) is -2.84. The van der Waals surface area contributed by atoms with Gasteiger partial charge in [-0.3, -0.25) is 43.7 Å². The number of carbonyl (C=O) groups is 8. The second kappa shape index (κ2) is 45.7. The number of hydrogen-bond donors (Lipinski definition) is 15. The molecule has 2 aliphatic heterocycles. The molecule has 94 heavy (non-hydrogen) atoms. The molecular formula is C61H97N9O24. The van der Waals surface area contributed by atoms with Gasteiger partial charge in [-0.2, -0.15) is 0 Å². The molecule has 530 valence electrons. The summed E-state index contributed by atoms with van der Waals surface area (Å²) in [6.45, 7) is 4.61. The quantitative estimate of drug-likeness (QED) is 0.0278. The van der Waals surface area contributed by atoms with Crippen LogP contribution in [0.3, 0.4) is 0 Å². The third kappa shape index (κ3) is 31.3. The molecule has 2 aromatic rings. The van der Waals surface area contributed by atoms with Crippen molar-refractivity contribution in [2.24, 2.45) is 5.73 Å². The van der Waals surface area contributed by atoms with Crippen LogP contribution in [0.5, 0.6) is 11.5 Å². The Morgan fingerprint density at radius 2 is 0.926 bits per heavy atom. The highest BCUT2D eigenvalue weighted by Gasteiger charge is 2.43. The van der Waals surface area contributed by atoms with Crippen LogP contribution in [-0.4, -0.2) is 277 Å². The monoisotopic (exact) mass is 1340 g/mol. The minimum Gasteiger partial charge on any atom is -0.484 e. The van der Waals surface area contributed by atoms with Crippen molar-refractivity contribution in [3.8, 4) is 22.6 Å². The SMILES string of the molecule is CN[C@@H](CCCCN)C(=O)NC(=O)CCCC(=O)NCCNC(=O)c1cc(OCC(=O)NCCOCCC(=O)NCCOCCO[C@@H]2O[C@@H](C)[C@H](O)[C@@H](O)[C@H]2O)cc(-c2ccc(OCC(=O)NCCOCCC(=O)NCCOCCO[C@@H]3O[C@@H](C)[C@H](O)[C@@H](O)[C@H]3O)cc2)c1. The molecule has 4 rings (SSSR count). The van der Waals surface area contributed by atoms with Crippen molar-refractivity contribution in [3.05, 3.63) is 48.0 Å². The van der Waals surface area contributed by atoms with Gasteiger partial charge in [0.2, 0.25) is 29.5 Å². The number of unbranched alkanes of at least 4 members (excludes halogenated alkanes) is 1. The fourth-order valence-electron chi connectivity index (χ4n) is 9.00. The molecule has 0 aliphatic carbocycles. The van der Waals surface area contributed by atoms with Crippen molar-refractivity contribution in [2.75, 3.05) is 132 Å². The number of ether oxygens (including phenoxy) is 10. The third-order valence-electron chi connectivity index (χ3n) is 14.4. The van der Waals surface area contributed by atoms with Crippen LogP contribution in [0, 0.1) is 0 Å². The smallest absolute Gasteiger partial charge is 0.258 e. The van der Waals surface area contributed by atoms with Crippen LogP contribution in [0.4, 0.5) is 0 Å². The van der Waals surface area contributed by atoms with Crippen molar-refractivity contribution < 1.29 is 116 Å². The molecular weight excluding hydrogens is 1240 g/mol. The van der Waals surface area contributed by atoms with Gasteiger partial charge in [-0.25, -0.2) is 0 Å². The van der Waals surface area contributed by atoms with Crippen LogP contribution in [0.2, 0.25) is 0 Å². The van der Waals surface area contributed by atoms with Crippen molar-refractivity contribution in [3.63, 3.8) is 0 Å². The predicted molar refractivity (Wildman–Crippen MR) is 332 cm³/mol. The van der Waals surface area contributed by atoms with E-state index >= 15 is 0 Å². The summed E-state index contributed by atoms with van der Waals surface area (Å²) in [7, 11) is 1.63. The molecule has 2 heterocycles. The molecule has 0 radical (unpaired) electrons. The molecule has 0 aromatic heterocycles. The second-order valence-corrected chi connectivity index (χ2v) is 21.8. The van der Waals surface area contributed by atoms with E-state index in [1.54, 1.807) is 57.3 Å². The summed E-state index contributed by atoms with van der Waals surface area (Å²) in [5.41, 5.74) is 6.81. The average molecular weight is 1340 g/mol. The van der Waals surface area contributed by atoms with Crippen molar-refractivity contribution in [1.82, 2.24) is 42.5 Å². The summed E-state index contributed by atoms with van der Waals surface area (Å²) in [5, 5.41) is 80.8. The zero-order valence-electron chi connectivity index (χ0n) is 53.6. The Bertz CT molecular complexity index is 2600. The van der Waals surface area contributed by atoms with E-state index < -0.39 is 104 Å². The largest absolute Gasteiger partial charge is 0.484 e. The third-order valence-corrected chi connectivity index (χ3v) is 14.4. The van der Waals surface area contributed by atoms with Crippen LogP contribution in [0.25, 0.3) is 11.1 Å². The Morgan fingerprint density at radius 1 is 0.468 bits per heavy atom. The number of benzene rings is 2. The van der Waals surface area contributed by atoms with Crippen LogP contribution in [0.1, 0.15) is 75.6 Å². The van der Waals surface area contributed by atoms with Crippen LogP contribution < -0.4 is 57.7 Å². The van der Waals surface area contributed by atoms with Gasteiger partial charge in [0.1, 0.15) is 48.1 Å². The lowest BCUT2D eigenvalue weighted by atomic mass is 10.0. The van der Waals surface area contributed by atoms with Gasteiger partial charge in [0, 0.05) is 70.5 Å². The Morgan fingerprint density at radius 3 is 1.44 bits per heavy atom. The predicted octanol–water partition coefficient (Wildman–Crippen LogP) is -4.51. The molecule has 0 unspecified atom stereocenters. The number of rotatable bonds is 47. The lowest BCUT2D eigenvalue weighted by Gasteiger charge is -2.38. The van der Waals surface area contributed by atoms with Gasteiger partial charge in [0.25, 0.3) is 17.7 Å². The molecule has 0 saturated carbocycles. The average Bonchev–Trinajstić information content (AvgIpc) is 0.865. The number of nitrogens with one attached hydrogen (secondary N) is 8. The summed E-state index contributed by atoms with van der Waals surface area (Å²) in [6, 6.07) is 10.7. The zero-order chi connectivity index (χ0) is 68.6. The first kappa shape index (κ1) is 79.8. The van der Waals surface area contributed by atoms with Gasteiger partial charge in [-0.05, 0) is 88.2 Å². The fraction of sp³-hybridized carbons (Fsp3) is 0.672. The van der Waals surface area contributed by atoms with Gasteiger partial charge in [0.15, 0.2) is 25.8 Å². The first-order valence-corrected chi connectivity index (χ1v) is 31.5. The van der Waals surface area contributed by atoms with Gasteiger partial charge in [0.05, 0.1) is 84.3 Å². The molecule has 2 aliphatic rings. The molecule has 0 spiro atoms. The lowest BCUT2D eigenvalue weighted by Crippen LogP contribution is -2.57. The van der Waals surface area contributed by atoms with Crippen molar-refractivity contribution in [1.29, 1.82) is 0 Å². The summed E-state index contributed by atoms with van der Waals surface area (Å²) < 4.78 is 54.8. The molecule has 2 fully saturated rings. The normalized spacial score (nSPS) is 21.3.